The van der Waals surface area contributed by atoms with E-state index in [1.807, 2.05) is 48.5 Å². The van der Waals surface area contributed by atoms with Crippen LogP contribution in [0.15, 0.2) is 48.5 Å². The molecule has 1 aliphatic rings. The molecule has 0 spiro atoms. The molecule has 9 nitrogen and oxygen atoms in total. The molecule has 0 saturated carbocycles. The normalized spacial score (nSPS) is 13.7. The minimum absolute atomic E-state index is 0.00779. The van der Waals surface area contributed by atoms with Gasteiger partial charge in [-0.3, -0.25) is 10.1 Å². The summed E-state index contributed by atoms with van der Waals surface area (Å²) in [6.45, 7) is 3.13. The molecule has 3 rings (SSSR count). The maximum Gasteiger partial charge on any atom is 0.408 e. The van der Waals surface area contributed by atoms with Gasteiger partial charge in [0.1, 0.15) is 12.6 Å². The summed E-state index contributed by atoms with van der Waals surface area (Å²) in [5.74, 6) is -3.31. The van der Waals surface area contributed by atoms with Gasteiger partial charge in [0, 0.05) is 13.0 Å². The summed E-state index contributed by atoms with van der Waals surface area (Å²) in [7, 11) is 1.26. The molecule has 34 heavy (non-hydrogen) atoms. The van der Waals surface area contributed by atoms with Crippen LogP contribution in [0.25, 0.3) is 11.1 Å². The molecule has 2 aromatic carbocycles. The highest BCUT2D eigenvalue weighted by molar-refractivity contribution is 6.05. The summed E-state index contributed by atoms with van der Waals surface area (Å²) >= 11 is 0. The Morgan fingerprint density at radius 3 is 2.03 bits per heavy atom. The first-order valence-electron chi connectivity index (χ1n) is 11.1. The zero-order valence-corrected chi connectivity index (χ0v) is 19.3. The van der Waals surface area contributed by atoms with Gasteiger partial charge in [-0.05, 0) is 35.6 Å². The van der Waals surface area contributed by atoms with Crippen LogP contribution in [0.3, 0.4) is 0 Å². The lowest BCUT2D eigenvalue weighted by Gasteiger charge is -2.27. The van der Waals surface area contributed by atoms with Crippen molar-refractivity contribution in [3.8, 4) is 11.1 Å². The van der Waals surface area contributed by atoms with E-state index in [9.17, 15) is 24.3 Å². The van der Waals surface area contributed by atoms with Crippen molar-refractivity contribution in [2.45, 2.75) is 38.3 Å². The Bertz CT molecular complexity index is 1040. The van der Waals surface area contributed by atoms with E-state index in [1.54, 1.807) is 13.8 Å². The van der Waals surface area contributed by atoms with Gasteiger partial charge in [-0.1, -0.05) is 55.5 Å². The fraction of sp³-hybridized carbons (Fsp3) is 0.360. The van der Waals surface area contributed by atoms with Crippen LogP contribution in [0.4, 0.5) is 4.79 Å². The first kappa shape index (κ1) is 24.8. The quantitative estimate of drug-likeness (QED) is 0.429. The van der Waals surface area contributed by atoms with Crippen molar-refractivity contribution in [3.63, 3.8) is 0 Å². The van der Waals surface area contributed by atoms with Crippen LogP contribution in [0.2, 0.25) is 0 Å². The lowest BCUT2D eigenvalue weighted by atomic mass is 9.98. The van der Waals surface area contributed by atoms with E-state index in [0.717, 1.165) is 27.2 Å². The number of hydrogen-bond donors (Lipinski definition) is 2. The number of amides is 2. The summed E-state index contributed by atoms with van der Waals surface area (Å²) in [6, 6.07) is 12.8. The van der Waals surface area contributed by atoms with Gasteiger partial charge in [-0.2, -0.15) is 0 Å². The Hall–Kier alpha value is -3.88. The average molecular weight is 469 g/mol. The fourth-order valence-electron chi connectivity index (χ4n) is 4.18. The number of benzene rings is 2. The van der Waals surface area contributed by atoms with E-state index in [4.69, 9.17) is 9.47 Å². The third-order valence-electron chi connectivity index (χ3n) is 5.86. The third-order valence-corrected chi connectivity index (χ3v) is 5.86. The van der Waals surface area contributed by atoms with Crippen LogP contribution in [0.5, 0.6) is 0 Å². The van der Waals surface area contributed by atoms with Crippen LogP contribution in [-0.4, -0.2) is 66.3 Å². The number of carbonyl (C=O) groups is 4. The Kier molecular flexibility index (Phi) is 7.88. The van der Waals surface area contributed by atoms with Crippen LogP contribution in [0, 0.1) is 0 Å². The minimum atomic E-state index is -1.73. The second kappa shape index (κ2) is 10.8. The summed E-state index contributed by atoms with van der Waals surface area (Å²) < 4.78 is 10.3. The molecule has 180 valence electrons. The summed E-state index contributed by atoms with van der Waals surface area (Å²) in [4.78, 5) is 50.3. The molecule has 0 bridgehead atoms. The molecule has 2 unspecified atom stereocenters. The van der Waals surface area contributed by atoms with E-state index in [1.165, 1.54) is 7.05 Å². The fourth-order valence-corrected chi connectivity index (χ4v) is 4.18. The van der Waals surface area contributed by atoms with Crippen LogP contribution < -0.4 is 5.32 Å². The van der Waals surface area contributed by atoms with Gasteiger partial charge in [0.15, 0.2) is 0 Å². The van der Waals surface area contributed by atoms with Crippen molar-refractivity contribution in [1.82, 2.24) is 10.2 Å². The molecule has 0 aromatic heterocycles. The highest BCUT2D eigenvalue weighted by Gasteiger charge is 2.37. The highest BCUT2D eigenvalue weighted by Crippen LogP contribution is 2.44. The van der Waals surface area contributed by atoms with Gasteiger partial charge in [0.05, 0.1) is 6.61 Å². The lowest BCUT2D eigenvalue weighted by Crippen LogP contribution is -2.56. The van der Waals surface area contributed by atoms with Gasteiger partial charge >= 0.3 is 18.0 Å². The number of esters is 1. The largest absolute Gasteiger partial charge is 0.480 e. The van der Waals surface area contributed by atoms with Gasteiger partial charge in [-0.25, -0.2) is 14.4 Å². The molecule has 2 amide bonds. The Balaban J connectivity index is 1.73. The highest BCUT2D eigenvalue weighted by atomic mass is 16.6. The molecular formula is C25H28N2O7. The number of hydrogen-bond acceptors (Lipinski definition) is 6. The van der Waals surface area contributed by atoms with E-state index in [-0.39, 0.29) is 25.6 Å². The zero-order valence-electron chi connectivity index (χ0n) is 19.3. The molecule has 0 saturated heterocycles. The number of ether oxygens (including phenoxy) is 2. The van der Waals surface area contributed by atoms with Crippen molar-refractivity contribution >= 4 is 23.9 Å². The standard InChI is InChI=1S/C25H28N2O7/c1-4-20(23(29)30)27(3)22(28)21(24(31)33-5-2)26-25(32)34-14-19-17-12-8-6-10-15(17)16-11-7-9-13-18(16)19/h6-13,19-21H,4-5,14H2,1-3H3,(H,26,32)(H,29,30). The van der Waals surface area contributed by atoms with Crippen molar-refractivity contribution in [3.05, 3.63) is 59.7 Å². The molecule has 2 N–H and O–H groups in total. The first-order valence-corrected chi connectivity index (χ1v) is 11.1. The molecule has 2 atom stereocenters. The van der Waals surface area contributed by atoms with E-state index >= 15 is 0 Å². The van der Waals surface area contributed by atoms with Crippen molar-refractivity contribution in [2.75, 3.05) is 20.3 Å². The van der Waals surface area contributed by atoms with E-state index in [2.05, 4.69) is 5.32 Å². The predicted octanol–water partition coefficient (Wildman–Crippen LogP) is 2.78. The van der Waals surface area contributed by atoms with Crippen LogP contribution >= 0.6 is 0 Å². The van der Waals surface area contributed by atoms with Gasteiger partial charge in [-0.15, -0.1) is 0 Å². The third kappa shape index (κ3) is 5.03. The van der Waals surface area contributed by atoms with Crippen molar-refractivity contribution < 1.29 is 33.8 Å². The number of alkyl carbamates (subject to hydrolysis) is 1. The van der Waals surface area contributed by atoms with Crippen LogP contribution in [-0.2, 0) is 23.9 Å². The predicted molar refractivity (Wildman–Crippen MR) is 123 cm³/mol. The molecular weight excluding hydrogens is 440 g/mol. The minimum Gasteiger partial charge on any atom is -0.480 e. The number of fused-ring (bicyclic) bond motifs is 3. The first-order chi connectivity index (χ1) is 16.3. The van der Waals surface area contributed by atoms with Gasteiger partial charge in [0.25, 0.3) is 5.91 Å². The molecule has 2 aromatic rings. The van der Waals surface area contributed by atoms with Gasteiger partial charge < -0.3 is 19.5 Å². The zero-order chi connectivity index (χ0) is 24.8. The Morgan fingerprint density at radius 2 is 1.53 bits per heavy atom. The summed E-state index contributed by atoms with van der Waals surface area (Å²) in [5.41, 5.74) is 4.16. The summed E-state index contributed by atoms with van der Waals surface area (Å²) in [6.07, 6.45) is -0.858. The Morgan fingerprint density at radius 1 is 0.971 bits per heavy atom. The molecule has 0 aliphatic heterocycles. The molecule has 1 aliphatic carbocycles. The number of aliphatic carboxylic acids is 1. The number of carboxylic acids is 1. The smallest absolute Gasteiger partial charge is 0.408 e. The summed E-state index contributed by atoms with van der Waals surface area (Å²) in [5, 5.41) is 11.6. The molecule has 9 heteroatoms. The lowest BCUT2D eigenvalue weighted by molar-refractivity contribution is -0.156. The maximum atomic E-state index is 12.9. The second-order valence-electron chi connectivity index (χ2n) is 7.87. The monoisotopic (exact) mass is 468 g/mol. The topological polar surface area (TPSA) is 122 Å². The van der Waals surface area contributed by atoms with Crippen LogP contribution in [0.1, 0.15) is 37.3 Å². The number of likely N-dealkylation sites (N-methyl/N-ethyl adjacent to an activating group) is 1. The second-order valence-corrected chi connectivity index (χ2v) is 7.87. The number of carboxylic acid groups (broad SMARTS) is 1. The van der Waals surface area contributed by atoms with E-state index in [0.29, 0.717) is 0 Å². The number of nitrogens with zero attached hydrogens (tertiary/aromatic N) is 1. The van der Waals surface area contributed by atoms with E-state index < -0.39 is 36.0 Å². The molecule has 0 fully saturated rings. The molecule has 0 radical (unpaired) electrons. The number of nitrogens with one attached hydrogen (secondary N) is 1. The maximum absolute atomic E-state index is 12.9. The Labute approximate surface area is 197 Å². The number of carbonyl (C=O) groups excluding carboxylic acids is 3. The average Bonchev–Trinajstić information content (AvgIpc) is 3.14. The van der Waals surface area contributed by atoms with Crippen molar-refractivity contribution in [1.29, 1.82) is 0 Å². The van der Waals surface area contributed by atoms with Gasteiger partial charge in [0.2, 0.25) is 6.04 Å². The molecule has 0 heterocycles. The number of rotatable bonds is 9. The SMILES string of the molecule is CCOC(=O)C(NC(=O)OCC1c2ccccc2-c2ccccc21)C(=O)N(C)C(CC)C(=O)O. The van der Waals surface area contributed by atoms with Crippen molar-refractivity contribution in [2.24, 2.45) is 0 Å².